The minimum absolute atomic E-state index is 0.0615. The van der Waals surface area contributed by atoms with E-state index in [9.17, 15) is 19.7 Å². The second kappa shape index (κ2) is 10.5. The van der Waals surface area contributed by atoms with Crippen LogP contribution in [0.5, 0.6) is 0 Å². The predicted molar refractivity (Wildman–Crippen MR) is 111 cm³/mol. The Bertz CT molecular complexity index is 895. The number of carbonyl (C=O) groups excluding carboxylic acids is 2. The molecule has 9 heteroatoms. The Morgan fingerprint density at radius 3 is 2.53 bits per heavy atom. The van der Waals surface area contributed by atoms with Crippen molar-refractivity contribution in [2.45, 2.75) is 13.0 Å². The molecule has 2 N–H and O–H groups in total. The van der Waals surface area contributed by atoms with Crippen LogP contribution in [0.2, 0.25) is 0 Å². The summed E-state index contributed by atoms with van der Waals surface area (Å²) in [4.78, 5) is 36.8. The van der Waals surface area contributed by atoms with Gasteiger partial charge in [-0.25, -0.2) is 0 Å². The van der Waals surface area contributed by atoms with Gasteiger partial charge in [0, 0.05) is 56.0 Å². The molecular formula is C21H24N4O5. The van der Waals surface area contributed by atoms with Gasteiger partial charge < -0.3 is 15.4 Å². The molecule has 1 heterocycles. The third kappa shape index (κ3) is 6.36. The molecule has 0 spiro atoms. The summed E-state index contributed by atoms with van der Waals surface area (Å²) >= 11 is 0. The monoisotopic (exact) mass is 412 g/mol. The van der Waals surface area contributed by atoms with Crippen LogP contribution >= 0.6 is 0 Å². The Morgan fingerprint density at radius 1 is 1.10 bits per heavy atom. The minimum atomic E-state index is -0.511. The summed E-state index contributed by atoms with van der Waals surface area (Å²) in [7, 11) is 0. The number of anilines is 1. The Kier molecular flexibility index (Phi) is 7.47. The second-order valence-corrected chi connectivity index (χ2v) is 6.94. The van der Waals surface area contributed by atoms with Crippen LogP contribution < -0.4 is 10.6 Å². The van der Waals surface area contributed by atoms with E-state index in [1.54, 1.807) is 6.07 Å². The van der Waals surface area contributed by atoms with Crippen LogP contribution in [0.3, 0.4) is 0 Å². The van der Waals surface area contributed by atoms with E-state index in [4.69, 9.17) is 4.74 Å². The number of hydrogen-bond acceptors (Lipinski definition) is 6. The van der Waals surface area contributed by atoms with Gasteiger partial charge in [0.2, 0.25) is 5.91 Å². The molecule has 158 valence electrons. The normalized spacial score (nSPS) is 14.1. The number of nitrogens with one attached hydrogen (secondary N) is 2. The van der Waals surface area contributed by atoms with Gasteiger partial charge in [-0.1, -0.05) is 12.1 Å². The van der Waals surface area contributed by atoms with E-state index >= 15 is 0 Å². The quantitative estimate of drug-likeness (QED) is 0.507. The topological polar surface area (TPSA) is 114 Å². The van der Waals surface area contributed by atoms with Crippen molar-refractivity contribution >= 4 is 23.2 Å². The second-order valence-electron chi connectivity index (χ2n) is 6.94. The fourth-order valence-electron chi connectivity index (χ4n) is 3.09. The van der Waals surface area contributed by atoms with Crippen molar-refractivity contribution in [1.29, 1.82) is 0 Å². The number of rotatable bonds is 8. The van der Waals surface area contributed by atoms with Crippen molar-refractivity contribution in [2.75, 3.05) is 38.2 Å². The lowest BCUT2D eigenvalue weighted by Gasteiger charge is -2.26. The van der Waals surface area contributed by atoms with E-state index in [2.05, 4.69) is 15.5 Å². The first-order valence-electron chi connectivity index (χ1n) is 9.73. The molecule has 1 saturated heterocycles. The fourth-order valence-corrected chi connectivity index (χ4v) is 3.09. The highest BCUT2D eigenvalue weighted by Gasteiger charge is 2.12. The largest absolute Gasteiger partial charge is 0.379 e. The smallest absolute Gasteiger partial charge is 0.269 e. The van der Waals surface area contributed by atoms with Gasteiger partial charge in [0.15, 0.2) is 0 Å². The van der Waals surface area contributed by atoms with Gasteiger partial charge in [-0.2, -0.15) is 0 Å². The Morgan fingerprint density at radius 2 is 1.83 bits per heavy atom. The molecule has 2 aromatic rings. The first-order valence-corrected chi connectivity index (χ1v) is 9.73. The summed E-state index contributed by atoms with van der Waals surface area (Å²) in [5, 5.41) is 16.3. The zero-order valence-electron chi connectivity index (χ0n) is 16.5. The zero-order chi connectivity index (χ0) is 21.3. The molecule has 0 bridgehead atoms. The van der Waals surface area contributed by atoms with Crippen LogP contribution in [-0.2, 0) is 16.1 Å². The number of benzene rings is 2. The first-order chi connectivity index (χ1) is 14.5. The molecule has 0 radical (unpaired) electrons. The van der Waals surface area contributed by atoms with E-state index < -0.39 is 4.92 Å². The van der Waals surface area contributed by atoms with E-state index in [1.807, 2.05) is 18.2 Å². The summed E-state index contributed by atoms with van der Waals surface area (Å²) in [6, 6.07) is 12.7. The van der Waals surface area contributed by atoms with Crippen molar-refractivity contribution in [2.24, 2.45) is 0 Å². The predicted octanol–water partition coefficient (Wildman–Crippen LogP) is 2.19. The molecule has 0 aromatic heterocycles. The van der Waals surface area contributed by atoms with Crippen LogP contribution in [0.25, 0.3) is 0 Å². The molecule has 0 aliphatic carbocycles. The number of nitrogens with zero attached hydrogens (tertiary/aromatic N) is 2. The van der Waals surface area contributed by atoms with Crippen LogP contribution in [-0.4, -0.2) is 54.5 Å². The Hall–Kier alpha value is -3.30. The van der Waals surface area contributed by atoms with Crippen LogP contribution in [0, 0.1) is 10.1 Å². The van der Waals surface area contributed by atoms with Gasteiger partial charge in [-0.15, -0.1) is 0 Å². The molecule has 2 aromatic carbocycles. The van der Waals surface area contributed by atoms with Gasteiger partial charge in [0.1, 0.15) is 0 Å². The maximum atomic E-state index is 12.2. The van der Waals surface area contributed by atoms with E-state index in [1.165, 1.54) is 24.3 Å². The minimum Gasteiger partial charge on any atom is -0.379 e. The van der Waals surface area contributed by atoms with Crippen LogP contribution in [0.4, 0.5) is 11.4 Å². The zero-order valence-corrected chi connectivity index (χ0v) is 16.5. The number of amides is 2. The van der Waals surface area contributed by atoms with E-state index in [0.29, 0.717) is 37.4 Å². The number of nitro groups is 1. The van der Waals surface area contributed by atoms with Crippen molar-refractivity contribution in [3.8, 4) is 0 Å². The van der Waals surface area contributed by atoms with Gasteiger partial charge in [0.05, 0.1) is 18.1 Å². The highest BCUT2D eigenvalue weighted by atomic mass is 16.6. The van der Waals surface area contributed by atoms with Crippen LogP contribution in [0.15, 0.2) is 48.5 Å². The van der Waals surface area contributed by atoms with Crippen LogP contribution in [0.1, 0.15) is 22.3 Å². The third-order valence-electron chi connectivity index (χ3n) is 4.76. The summed E-state index contributed by atoms with van der Waals surface area (Å²) in [5.74, 6) is -0.390. The number of hydrogen-bond donors (Lipinski definition) is 2. The van der Waals surface area contributed by atoms with Crippen molar-refractivity contribution in [3.05, 3.63) is 69.8 Å². The van der Waals surface area contributed by atoms with Crippen molar-refractivity contribution < 1.29 is 19.2 Å². The highest BCUT2D eigenvalue weighted by molar-refractivity contribution is 5.94. The Balaban J connectivity index is 1.47. The van der Waals surface area contributed by atoms with E-state index in [0.717, 1.165) is 18.7 Å². The molecule has 1 aliphatic heterocycles. The summed E-state index contributed by atoms with van der Waals surface area (Å²) in [6.07, 6.45) is 0.404. The molecule has 9 nitrogen and oxygen atoms in total. The lowest BCUT2D eigenvalue weighted by atomic mass is 10.1. The molecule has 3 rings (SSSR count). The number of ether oxygens (including phenoxy) is 1. The average Bonchev–Trinajstić information content (AvgIpc) is 2.77. The molecular weight excluding hydrogens is 388 g/mol. The maximum absolute atomic E-state index is 12.2. The molecule has 30 heavy (non-hydrogen) atoms. The van der Waals surface area contributed by atoms with Gasteiger partial charge in [0.25, 0.3) is 11.6 Å². The standard InChI is InChI=1S/C21H24N4O5/c26-20(8-9-24-10-12-30-13-11-24)23-18-3-1-2-16(14-18)15-22-21(27)17-4-6-19(7-5-17)25(28)29/h1-7,14H,8-13,15H2,(H,22,27)(H,23,26). The van der Waals surface area contributed by atoms with Gasteiger partial charge in [-0.3, -0.25) is 24.6 Å². The third-order valence-corrected chi connectivity index (χ3v) is 4.76. The number of non-ortho nitro benzene ring substituents is 1. The summed E-state index contributed by atoms with van der Waals surface area (Å²) < 4.78 is 5.30. The summed E-state index contributed by atoms with van der Waals surface area (Å²) in [5.41, 5.74) is 1.78. The average molecular weight is 412 g/mol. The first kappa shape index (κ1) is 21.4. The fraction of sp³-hybridized carbons (Fsp3) is 0.333. The number of carbonyl (C=O) groups is 2. The van der Waals surface area contributed by atoms with E-state index in [-0.39, 0.29) is 24.0 Å². The highest BCUT2D eigenvalue weighted by Crippen LogP contribution is 2.13. The maximum Gasteiger partial charge on any atom is 0.269 e. The lowest BCUT2D eigenvalue weighted by Crippen LogP contribution is -2.38. The van der Waals surface area contributed by atoms with Gasteiger partial charge in [-0.05, 0) is 29.8 Å². The Labute approximate surface area is 174 Å². The number of morpholine rings is 1. The van der Waals surface area contributed by atoms with Gasteiger partial charge >= 0.3 is 0 Å². The van der Waals surface area contributed by atoms with Crippen molar-refractivity contribution in [1.82, 2.24) is 10.2 Å². The molecule has 0 atom stereocenters. The molecule has 0 unspecified atom stereocenters. The molecule has 1 aliphatic rings. The molecule has 2 amide bonds. The molecule has 0 saturated carbocycles. The molecule has 1 fully saturated rings. The summed E-state index contributed by atoms with van der Waals surface area (Å²) in [6.45, 7) is 4.06. The lowest BCUT2D eigenvalue weighted by molar-refractivity contribution is -0.384. The number of nitro benzene ring substituents is 1. The SMILES string of the molecule is O=C(CCN1CCOCC1)Nc1cccc(CNC(=O)c2ccc([N+](=O)[O-])cc2)c1. The van der Waals surface area contributed by atoms with Crippen molar-refractivity contribution in [3.63, 3.8) is 0 Å².